The van der Waals surface area contributed by atoms with Crippen molar-refractivity contribution in [1.29, 1.82) is 0 Å². The van der Waals surface area contributed by atoms with Gasteiger partial charge in [0.1, 0.15) is 11.9 Å². The molecule has 2 rings (SSSR count). The number of halogens is 1. The molecule has 1 aliphatic heterocycles. The Morgan fingerprint density at radius 2 is 2.08 bits per heavy atom. The lowest BCUT2D eigenvalue weighted by Gasteiger charge is -2.00. The largest absolute Gasteiger partial charge is 0.365 e. The van der Waals surface area contributed by atoms with E-state index < -0.39 is 0 Å². The highest BCUT2D eigenvalue weighted by Gasteiger charge is 2.36. The Bertz CT molecular complexity index is 309. The fraction of sp³-hybridized carbons (Fsp3) is 0.400. The summed E-state index contributed by atoms with van der Waals surface area (Å²) in [6.07, 6.45) is 0.500. The molecule has 1 aromatic rings. The van der Waals surface area contributed by atoms with E-state index in [-0.39, 0.29) is 11.9 Å². The van der Waals surface area contributed by atoms with E-state index in [9.17, 15) is 4.39 Å². The molecular formula is C10H11FO. The second-order valence-corrected chi connectivity index (χ2v) is 3.26. The van der Waals surface area contributed by atoms with Crippen molar-refractivity contribution in [3.63, 3.8) is 0 Å². The summed E-state index contributed by atoms with van der Waals surface area (Å²) in [7, 11) is 0. The van der Waals surface area contributed by atoms with Gasteiger partial charge in [-0.25, -0.2) is 4.39 Å². The quantitative estimate of drug-likeness (QED) is 0.584. The topological polar surface area (TPSA) is 12.5 Å². The van der Waals surface area contributed by atoms with Gasteiger partial charge in [0.15, 0.2) is 0 Å². The maximum absolute atomic E-state index is 12.7. The van der Waals surface area contributed by atoms with Gasteiger partial charge in [-0.15, -0.1) is 0 Å². The van der Waals surface area contributed by atoms with Crippen LogP contribution in [0.15, 0.2) is 18.2 Å². The summed E-state index contributed by atoms with van der Waals surface area (Å²) in [5.41, 5.74) is 2.09. The molecule has 0 saturated carbocycles. The van der Waals surface area contributed by atoms with E-state index in [1.165, 1.54) is 6.07 Å². The fourth-order valence-corrected chi connectivity index (χ4v) is 1.47. The van der Waals surface area contributed by atoms with Gasteiger partial charge in [-0.1, -0.05) is 6.07 Å². The van der Waals surface area contributed by atoms with Crippen LogP contribution in [-0.4, -0.2) is 6.10 Å². The van der Waals surface area contributed by atoms with Crippen LogP contribution in [0.4, 0.5) is 4.39 Å². The van der Waals surface area contributed by atoms with Gasteiger partial charge >= 0.3 is 0 Å². The summed E-state index contributed by atoms with van der Waals surface area (Å²) in [5.74, 6) is -0.176. The van der Waals surface area contributed by atoms with Crippen molar-refractivity contribution in [1.82, 2.24) is 0 Å². The highest BCUT2D eigenvalue weighted by Crippen LogP contribution is 2.39. The molecule has 0 N–H and O–H groups in total. The maximum atomic E-state index is 12.7. The van der Waals surface area contributed by atoms with Crippen molar-refractivity contribution >= 4 is 0 Å². The number of hydrogen-bond donors (Lipinski definition) is 0. The molecule has 0 amide bonds. The smallest absolute Gasteiger partial charge is 0.123 e. The Hall–Kier alpha value is -0.890. The van der Waals surface area contributed by atoms with Gasteiger partial charge in [0.05, 0.1) is 6.10 Å². The van der Waals surface area contributed by atoms with Crippen molar-refractivity contribution in [2.45, 2.75) is 26.1 Å². The second kappa shape index (κ2) is 2.56. The van der Waals surface area contributed by atoms with Gasteiger partial charge in [0.2, 0.25) is 0 Å². The molecule has 1 saturated heterocycles. The van der Waals surface area contributed by atoms with Crippen LogP contribution in [0.25, 0.3) is 0 Å². The predicted molar refractivity (Wildman–Crippen MR) is 44.4 cm³/mol. The van der Waals surface area contributed by atoms with E-state index >= 15 is 0 Å². The van der Waals surface area contributed by atoms with Crippen molar-refractivity contribution < 1.29 is 9.13 Å². The van der Waals surface area contributed by atoms with E-state index in [1.54, 1.807) is 12.1 Å². The maximum Gasteiger partial charge on any atom is 0.123 e. The molecule has 1 nitrogen and oxygen atoms in total. The van der Waals surface area contributed by atoms with Crippen LogP contribution < -0.4 is 0 Å². The van der Waals surface area contributed by atoms with Crippen LogP contribution in [0.1, 0.15) is 24.2 Å². The van der Waals surface area contributed by atoms with E-state index in [4.69, 9.17) is 4.74 Å². The molecule has 0 aliphatic carbocycles. The third kappa shape index (κ3) is 1.23. The first-order chi connectivity index (χ1) is 5.68. The highest BCUT2D eigenvalue weighted by molar-refractivity contribution is 5.31. The van der Waals surface area contributed by atoms with Gasteiger partial charge < -0.3 is 4.74 Å². The molecule has 0 unspecified atom stereocenters. The first-order valence-electron chi connectivity index (χ1n) is 4.10. The third-order valence-electron chi connectivity index (χ3n) is 2.25. The lowest BCUT2D eigenvalue weighted by Crippen LogP contribution is -1.89. The zero-order chi connectivity index (χ0) is 8.72. The van der Waals surface area contributed by atoms with E-state index in [2.05, 4.69) is 0 Å². The Morgan fingerprint density at radius 3 is 2.58 bits per heavy atom. The summed E-state index contributed by atoms with van der Waals surface area (Å²) in [6, 6.07) is 4.83. The monoisotopic (exact) mass is 166 g/mol. The Kier molecular flexibility index (Phi) is 1.65. The Balaban J connectivity index is 2.33. The number of ether oxygens (including phenoxy) is 1. The zero-order valence-electron chi connectivity index (χ0n) is 7.17. The molecule has 0 aromatic heterocycles. The normalized spacial score (nSPS) is 27.2. The predicted octanol–water partition coefficient (Wildman–Crippen LogP) is 2.59. The molecular weight excluding hydrogens is 155 g/mol. The molecule has 64 valence electrons. The van der Waals surface area contributed by atoms with Crippen LogP contribution in [0.2, 0.25) is 0 Å². The Morgan fingerprint density at radius 1 is 1.42 bits per heavy atom. The minimum Gasteiger partial charge on any atom is -0.365 e. The van der Waals surface area contributed by atoms with Gasteiger partial charge in [0.25, 0.3) is 0 Å². The van der Waals surface area contributed by atoms with E-state index in [1.807, 2.05) is 13.8 Å². The van der Waals surface area contributed by atoms with E-state index in [0.29, 0.717) is 6.10 Å². The first-order valence-corrected chi connectivity index (χ1v) is 4.10. The highest BCUT2D eigenvalue weighted by atomic mass is 19.1. The van der Waals surface area contributed by atoms with Gasteiger partial charge in [0, 0.05) is 0 Å². The first kappa shape index (κ1) is 7.74. The average molecular weight is 166 g/mol. The standard InChI is InChI=1S/C10H11FO/c1-6-5-8(11)3-4-9(6)10-7(2)12-10/h3-5,7,10H,1-2H3/t7-,10+/m1/s1. The molecule has 12 heavy (non-hydrogen) atoms. The van der Waals surface area contributed by atoms with Gasteiger partial charge in [-0.3, -0.25) is 0 Å². The molecule has 0 bridgehead atoms. The summed E-state index contributed by atoms with van der Waals surface area (Å²) in [5, 5.41) is 0. The van der Waals surface area contributed by atoms with Crippen molar-refractivity contribution in [3.05, 3.63) is 35.1 Å². The fourth-order valence-electron chi connectivity index (χ4n) is 1.47. The minimum absolute atomic E-state index is 0.176. The lowest BCUT2D eigenvalue weighted by molar-refractivity contribution is 0.382. The van der Waals surface area contributed by atoms with Crippen LogP contribution in [0.3, 0.4) is 0 Å². The number of rotatable bonds is 1. The van der Waals surface area contributed by atoms with Gasteiger partial charge in [-0.05, 0) is 37.1 Å². The molecule has 2 atom stereocenters. The second-order valence-electron chi connectivity index (χ2n) is 3.26. The molecule has 1 aromatic carbocycles. The summed E-state index contributed by atoms with van der Waals surface area (Å²) >= 11 is 0. The molecule has 0 spiro atoms. The lowest BCUT2D eigenvalue weighted by atomic mass is 10.0. The number of aryl methyl sites for hydroxylation is 1. The van der Waals surface area contributed by atoms with Crippen molar-refractivity contribution in [2.24, 2.45) is 0 Å². The molecule has 2 heteroatoms. The number of epoxide rings is 1. The Labute approximate surface area is 71.2 Å². The summed E-state index contributed by atoms with van der Waals surface area (Å²) < 4.78 is 18.0. The van der Waals surface area contributed by atoms with Crippen molar-refractivity contribution in [2.75, 3.05) is 0 Å². The van der Waals surface area contributed by atoms with E-state index in [0.717, 1.165) is 11.1 Å². The van der Waals surface area contributed by atoms with Crippen LogP contribution in [-0.2, 0) is 4.74 Å². The van der Waals surface area contributed by atoms with Crippen LogP contribution >= 0.6 is 0 Å². The third-order valence-corrected chi connectivity index (χ3v) is 2.25. The number of hydrogen-bond acceptors (Lipinski definition) is 1. The van der Waals surface area contributed by atoms with Crippen LogP contribution in [0.5, 0.6) is 0 Å². The van der Waals surface area contributed by atoms with Gasteiger partial charge in [-0.2, -0.15) is 0 Å². The number of benzene rings is 1. The SMILES string of the molecule is Cc1cc(F)ccc1[C@H]1O[C@@H]1C. The molecule has 1 heterocycles. The summed E-state index contributed by atoms with van der Waals surface area (Å²) in [4.78, 5) is 0. The molecule has 0 radical (unpaired) electrons. The van der Waals surface area contributed by atoms with Crippen LogP contribution in [0, 0.1) is 12.7 Å². The minimum atomic E-state index is -0.176. The van der Waals surface area contributed by atoms with Crippen molar-refractivity contribution in [3.8, 4) is 0 Å². The summed E-state index contributed by atoms with van der Waals surface area (Å²) in [6.45, 7) is 3.93. The molecule has 1 aliphatic rings. The zero-order valence-corrected chi connectivity index (χ0v) is 7.17. The average Bonchev–Trinajstić information content (AvgIpc) is 2.66. The molecule has 1 fully saturated rings.